The van der Waals surface area contributed by atoms with Gasteiger partial charge in [0, 0.05) is 24.7 Å². The lowest BCUT2D eigenvalue weighted by Crippen LogP contribution is -2.34. The molecule has 1 atom stereocenters. The van der Waals surface area contributed by atoms with Crippen molar-refractivity contribution in [1.82, 2.24) is 14.9 Å². The second-order valence-corrected chi connectivity index (χ2v) is 5.96. The molecule has 1 unspecified atom stereocenters. The number of nitrogens with zero attached hydrogens (tertiary/aromatic N) is 3. The van der Waals surface area contributed by atoms with Crippen LogP contribution in [0.5, 0.6) is 0 Å². The monoisotopic (exact) mass is 279 g/mol. The van der Waals surface area contributed by atoms with Gasteiger partial charge in [-0.15, -0.1) is 0 Å². The Bertz CT molecular complexity index is 393. The summed E-state index contributed by atoms with van der Waals surface area (Å²) in [6, 6.07) is 0.396. The molecule has 0 aliphatic heterocycles. The number of nitrogens with one attached hydrogen (secondary N) is 2. The first-order chi connectivity index (χ1) is 9.43. The largest absolute Gasteiger partial charge is 0.370 e. The van der Waals surface area contributed by atoms with Crippen molar-refractivity contribution in [2.24, 2.45) is 5.92 Å². The smallest absolute Gasteiger partial charge is 0.134 e. The standard InChI is InChI=1S/C15H29N5/c1-7-16-14-12(4)15(18-10-17-14)19-13(8-11(2)3)9-20(5)6/h10-11,13H,7-9H2,1-6H3,(H2,16,17,18,19). The van der Waals surface area contributed by atoms with Crippen molar-refractivity contribution < 1.29 is 0 Å². The summed E-state index contributed by atoms with van der Waals surface area (Å²) in [6.45, 7) is 10.5. The lowest BCUT2D eigenvalue weighted by Gasteiger charge is -2.25. The van der Waals surface area contributed by atoms with Crippen LogP contribution in [0, 0.1) is 12.8 Å². The highest BCUT2D eigenvalue weighted by atomic mass is 15.1. The molecule has 1 rings (SSSR count). The third-order valence-electron chi connectivity index (χ3n) is 3.11. The van der Waals surface area contributed by atoms with E-state index in [2.05, 4.69) is 67.3 Å². The van der Waals surface area contributed by atoms with Gasteiger partial charge in [-0.05, 0) is 40.3 Å². The predicted octanol–water partition coefficient (Wildman–Crippen LogP) is 2.61. The second kappa shape index (κ2) is 8.04. The summed E-state index contributed by atoms with van der Waals surface area (Å²) < 4.78 is 0. The fourth-order valence-corrected chi connectivity index (χ4v) is 2.32. The molecule has 5 nitrogen and oxygen atoms in total. The van der Waals surface area contributed by atoms with Crippen LogP contribution in [0.15, 0.2) is 6.33 Å². The van der Waals surface area contributed by atoms with Gasteiger partial charge in [0.05, 0.1) is 0 Å². The van der Waals surface area contributed by atoms with E-state index in [1.807, 2.05) is 0 Å². The van der Waals surface area contributed by atoms with E-state index in [0.29, 0.717) is 12.0 Å². The van der Waals surface area contributed by atoms with Gasteiger partial charge in [-0.1, -0.05) is 13.8 Å². The Balaban J connectivity index is 2.84. The van der Waals surface area contributed by atoms with Crippen molar-refractivity contribution in [3.05, 3.63) is 11.9 Å². The SMILES string of the molecule is CCNc1ncnc(NC(CC(C)C)CN(C)C)c1C. The molecule has 20 heavy (non-hydrogen) atoms. The molecular weight excluding hydrogens is 250 g/mol. The first-order valence-corrected chi connectivity index (χ1v) is 7.40. The third kappa shape index (κ3) is 5.33. The summed E-state index contributed by atoms with van der Waals surface area (Å²) in [4.78, 5) is 10.9. The number of hydrogen-bond donors (Lipinski definition) is 2. The Hall–Kier alpha value is -1.36. The lowest BCUT2D eigenvalue weighted by molar-refractivity contribution is 0.356. The summed E-state index contributed by atoms with van der Waals surface area (Å²) in [5.41, 5.74) is 1.09. The van der Waals surface area contributed by atoms with Gasteiger partial charge in [0.15, 0.2) is 0 Å². The van der Waals surface area contributed by atoms with Crippen molar-refractivity contribution in [3.8, 4) is 0 Å². The van der Waals surface area contributed by atoms with Gasteiger partial charge in [-0.3, -0.25) is 0 Å². The van der Waals surface area contributed by atoms with Gasteiger partial charge in [0.1, 0.15) is 18.0 Å². The Kier molecular flexibility index (Phi) is 6.71. The molecule has 0 aliphatic carbocycles. The van der Waals surface area contributed by atoms with Crippen molar-refractivity contribution in [1.29, 1.82) is 0 Å². The molecule has 0 saturated heterocycles. The van der Waals surface area contributed by atoms with E-state index in [0.717, 1.165) is 36.7 Å². The molecule has 0 amide bonds. The summed E-state index contributed by atoms with van der Waals surface area (Å²) in [6.07, 6.45) is 2.74. The average molecular weight is 279 g/mol. The molecule has 2 N–H and O–H groups in total. The van der Waals surface area contributed by atoms with Gasteiger partial charge in [0.25, 0.3) is 0 Å². The van der Waals surface area contributed by atoms with E-state index in [4.69, 9.17) is 0 Å². The van der Waals surface area contributed by atoms with Crippen LogP contribution in [0.2, 0.25) is 0 Å². The van der Waals surface area contributed by atoms with Crippen molar-refractivity contribution >= 4 is 11.6 Å². The molecule has 1 aromatic rings. The minimum atomic E-state index is 0.396. The highest BCUT2D eigenvalue weighted by Crippen LogP contribution is 2.20. The quantitative estimate of drug-likeness (QED) is 0.766. The van der Waals surface area contributed by atoms with E-state index in [1.165, 1.54) is 0 Å². The molecule has 0 aromatic carbocycles. The van der Waals surface area contributed by atoms with Gasteiger partial charge >= 0.3 is 0 Å². The van der Waals surface area contributed by atoms with E-state index in [-0.39, 0.29) is 0 Å². The van der Waals surface area contributed by atoms with Gasteiger partial charge < -0.3 is 15.5 Å². The van der Waals surface area contributed by atoms with E-state index >= 15 is 0 Å². The first kappa shape index (κ1) is 16.7. The van der Waals surface area contributed by atoms with E-state index in [9.17, 15) is 0 Å². The fraction of sp³-hybridized carbons (Fsp3) is 0.733. The molecule has 0 bridgehead atoms. The number of rotatable bonds is 8. The van der Waals surface area contributed by atoms with Crippen molar-refractivity contribution in [2.45, 2.75) is 40.2 Å². The molecule has 0 radical (unpaired) electrons. The molecule has 1 aromatic heterocycles. The van der Waals surface area contributed by atoms with Crippen LogP contribution in [-0.4, -0.2) is 48.1 Å². The minimum Gasteiger partial charge on any atom is -0.370 e. The first-order valence-electron chi connectivity index (χ1n) is 7.40. The Morgan fingerprint density at radius 2 is 1.85 bits per heavy atom. The molecule has 0 saturated carbocycles. The number of aromatic nitrogens is 2. The van der Waals surface area contributed by atoms with Crippen LogP contribution in [0.25, 0.3) is 0 Å². The Morgan fingerprint density at radius 1 is 1.20 bits per heavy atom. The summed E-state index contributed by atoms with van der Waals surface area (Å²) in [5, 5.41) is 6.85. The van der Waals surface area contributed by atoms with E-state index in [1.54, 1.807) is 6.33 Å². The molecule has 0 aliphatic rings. The van der Waals surface area contributed by atoms with Gasteiger partial charge in [0.2, 0.25) is 0 Å². The maximum Gasteiger partial charge on any atom is 0.134 e. The molecule has 5 heteroatoms. The normalized spacial score (nSPS) is 12.8. The lowest BCUT2D eigenvalue weighted by atomic mass is 10.0. The van der Waals surface area contributed by atoms with Crippen LogP contribution >= 0.6 is 0 Å². The topological polar surface area (TPSA) is 53.1 Å². The number of hydrogen-bond acceptors (Lipinski definition) is 5. The van der Waals surface area contributed by atoms with Crippen molar-refractivity contribution in [3.63, 3.8) is 0 Å². The van der Waals surface area contributed by atoms with Crippen LogP contribution in [0.4, 0.5) is 11.6 Å². The Morgan fingerprint density at radius 3 is 2.40 bits per heavy atom. The fourth-order valence-electron chi connectivity index (χ4n) is 2.32. The summed E-state index contributed by atoms with van der Waals surface area (Å²) in [7, 11) is 4.21. The molecular formula is C15H29N5. The third-order valence-corrected chi connectivity index (χ3v) is 3.11. The predicted molar refractivity (Wildman–Crippen MR) is 86.4 cm³/mol. The maximum atomic E-state index is 4.39. The zero-order valence-corrected chi connectivity index (χ0v) is 13.7. The number of anilines is 2. The Labute approximate surface area is 123 Å². The molecule has 1 heterocycles. The zero-order valence-electron chi connectivity index (χ0n) is 13.7. The maximum absolute atomic E-state index is 4.39. The van der Waals surface area contributed by atoms with Crippen LogP contribution in [0.1, 0.15) is 32.8 Å². The summed E-state index contributed by atoms with van der Waals surface area (Å²) in [5.74, 6) is 2.50. The van der Waals surface area contributed by atoms with Gasteiger partial charge in [-0.2, -0.15) is 0 Å². The van der Waals surface area contributed by atoms with Gasteiger partial charge in [-0.25, -0.2) is 9.97 Å². The minimum absolute atomic E-state index is 0.396. The molecule has 0 fully saturated rings. The average Bonchev–Trinajstić information content (AvgIpc) is 2.32. The highest BCUT2D eigenvalue weighted by molar-refractivity contribution is 5.56. The highest BCUT2D eigenvalue weighted by Gasteiger charge is 2.15. The van der Waals surface area contributed by atoms with Crippen LogP contribution in [0.3, 0.4) is 0 Å². The van der Waals surface area contributed by atoms with Crippen LogP contribution in [-0.2, 0) is 0 Å². The second-order valence-electron chi connectivity index (χ2n) is 5.96. The molecule has 0 spiro atoms. The van der Waals surface area contributed by atoms with Crippen molar-refractivity contribution in [2.75, 3.05) is 37.8 Å². The zero-order chi connectivity index (χ0) is 15.1. The van der Waals surface area contributed by atoms with E-state index < -0.39 is 0 Å². The summed E-state index contributed by atoms with van der Waals surface area (Å²) >= 11 is 0. The molecule has 114 valence electrons. The van der Waals surface area contributed by atoms with Crippen LogP contribution < -0.4 is 10.6 Å². The number of likely N-dealkylation sites (N-methyl/N-ethyl adjacent to an activating group) is 1.